The summed E-state index contributed by atoms with van der Waals surface area (Å²) in [5, 5.41) is 22.0. The van der Waals surface area contributed by atoms with Gasteiger partial charge in [-0.2, -0.15) is 0 Å². The third kappa shape index (κ3) is 3.16. The molecule has 5 rings (SSSR count). The van der Waals surface area contributed by atoms with Crippen molar-refractivity contribution < 1.29 is 38.7 Å². The Balaban J connectivity index is 1.89. The number of carbonyl (C=O) groups excluding carboxylic acids is 1. The fourth-order valence-corrected chi connectivity index (χ4v) is 6.57. The lowest BCUT2D eigenvalue weighted by Crippen LogP contribution is -2.60. The number of aliphatic hydroxyl groups excluding tert-OH is 1. The number of rotatable bonds is 6. The number of amides is 1. The first kappa shape index (κ1) is 26.0. The van der Waals surface area contributed by atoms with Gasteiger partial charge in [0.2, 0.25) is 5.91 Å². The van der Waals surface area contributed by atoms with Crippen molar-refractivity contribution in [1.82, 2.24) is 9.80 Å². The Labute approximate surface area is 221 Å². The fraction of sp³-hybridized carbons (Fsp3) is 0.464. The van der Waals surface area contributed by atoms with E-state index in [1.165, 1.54) is 14.2 Å². The first-order chi connectivity index (χ1) is 18.2. The maximum atomic E-state index is 14.1. The monoisotopic (exact) mass is 526 g/mol. The molecule has 3 aliphatic rings. The van der Waals surface area contributed by atoms with Gasteiger partial charge in [0.05, 0.1) is 60.3 Å². The highest BCUT2D eigenvalue weighted by atomic mass is 16.5. The van der Waals surface area contributed by atoms with Crippen molar-refractivity contribution >= 4 is 12.0 Å². The van der Waals surface area contributed by atoms with E-state index in [2.05, 4.69) is 0 Å². The molecule has 3 aliphatic heterocycles. The summed E-state index contributed by atoms with van der Waals surface area (Å²) in [5.74, 6) is 2.34. The third-order valence-electron chi connectivity index (χ3n) is 8.20. The molecule has 38 heavy (non-hydrogen) atoms. The number of ether oxygens (including phenoxy) is 5. The quantitative estimate of drug-likeness (QED) is 0.587. The molecule has 0 unspecified atom stereocenters. The van der Waals surface area contributed by atoms with Gasteiger partial charge in [0.1, 0.15) is 11.5 Å². The van der Waals surface area contributed by atoms with Crippen LogP contribution in [0.1, 0.15) is 45.5 Å². The zero-order valence-electron chi connectivity index (χ0n) is 23.0. The number of aliphatic hydroxyl groups is 1. The van der Waals surface area contributed by atoms with Gasteiger partial charge < -0.3 is 38.8 Å². The molecule has 2 aromatic rings. The van der Waals surface area contributed by atoms with Crippen molar-refractivity contribution in [2.45, 2.75) is 38.4 Å². The summed E-state index contributed by atoms with van der Waals surface area (Å²) in [6.07, 6.45) is 2.19. The largest absolute Gasteiger partial charge is 0.507 e. The summed E-state index contributed by atoms with van der Waals surface area (Å²) < 4.78 is 28.8. The molecule has 1 fully saturated rings. The van der Waals surface area contributed by atoms with E-state index >= 15 is 0 Å². The van der Waals surface area contributed by atoms with E-state index in [4.69, 9.17) is 23.7 Å². The highest BCUT2D eigenvalue weighted by Crippen LogP contribution is 2.58. The molecule has 0 saturated carbocycles. The molecule has 0 aliphatic carbocycles. The smallest absolute Gasteiger partial charge is 0.245 e. The van der Waals surface area contributed by atoms with Crippen LogP contribution in [0.2, 0.25) is 0 Å². The minimum Gasteiger partial charge on any atom is -0.507 e. The van der Waals surface area contributed by atoms with Crippen molar-refractivity contribution in [3.63, 3.8) is 0 Å². The first-order valence-corrected chi connectivity index (χ1v) is 12.4. The van der Waals surface area contributed by atoms with E-state index in [1.54, 1.807) is 39.2 Å². The number of phenolic OH excluding ortho intramolecular Hbond substituents is 1. The van der Waals surface area contributed by atoms with Crippen molar-refractivity contribution in [2.24, 2.45) is 0 Å². The second-order valence-electron chi connectivity index (χ2n) is 9.75. The van der Waals surface area contributed by atoms with Crippen molar-refractivity contribution in [2.75, 3.05) is 49.2 Å². The lowest BCUT2D eigenvalue weighted by molar-refractivity contribution is -0.144. The first-order valence-electron chi connectivity index (χ1n) is 12.4. The van der Waals surface area contributed by atoms with E-state index < -0.39 is 18.1 Å². The molecule has 2 bridgehead atoms. The Hall–Kier alpha value is -3.63. The van der Waals surface area contributed by atoms with Crippen molar-refractivity contribution in [3.8, 4) is 34.5 Å². The van der Waals surface area contributed by atoms with Gasteiger partial charge in [-0.3, -0.25) is 9.69 Å². The third-order valence-corrected chi connectivity index (χ3v) is 8.20. The number of nitrogens with zero attached hydrogens (tertiary/aromatic N) is 2. The molecule has 2 aromatic carbocycles. The highest BCUT2D eigenvalue weighted by molar-refractivity contribution is 5.91. The molecule has 0 spiro atoms. The van der Waals surface area contributed by atoms with Gasteiger partial charge in [0.15, 0.2) is 23.0 Å². The number of carbonyl (C=O) groups is 1. The van der Waals surface area contributed by atoms with E-state index in [0.29, 0.717) is 57.6 Å². The summed E-state index contributed by atoms with van der Waals surface area (Å²) in [5.41, 5.74) is 4.57. The molecule has 10 heteroatoms. The molecular formula is C28H34N2O8. The van der Waals surface area contributed by atoms with Crippen molar-refractivity contribution in [1.29, 1.82) is 0 Å². The molecular weight excluding hydrogens is 492 g/mol. The number of methoxy groups -OCH3 is 5. The Morgan fingerprint density at radius 2 is 1.42 bits per heavy atom. The summed E-state index contributed by atoms with van der Waals surface area (Å²) in [6, 6.07) is -1.76. The maximum Gasteiger partial charge on any atom is 0.245 e. The van der Waals surface area contributed by atoms with Crippen LogP contribution in [0.4, 0.5) is 0 Å². The lowest BCUT2D eigenvalue weighted by Gasteiger charge is -2.53. The SMILES string of the molecule is COc1c(C)c(OC)c(OC)c2c1C[C@H]1C(=O)N3C(=Cc4c(O)c(C)c(OC)c(OC)c4[C@@H]3CO)[C@H]2N1C. The zero-order chi connectivity index (χ0) is 27.6. The number of fused-ring (bicyclic) bond motifs is 7. The Morgan fingerprint density at radius 1 is 0.868 bits per heavy atom. The zero-order valence-corrected chi connectivity index (χ0v) is 23.0. The standard InChI is InChI=1S/C28H34N2O8/c1-12-22(32)14-9-16-21-20-15(23(34-4)13(2)25(36-6)27(20)38-8)10-17(29(21)3)28(33)30(16)18(11-31)19(14)26(37-7)24(12)35-5/h9,17-18,21,31-32H,10-11H2,1-8H3/t17-,18-,21+/m0/s1. The molecule has 0 aromatic heterocycles. The van der Waals surface area contributed by atoms with Crippen LogP contribution in [0.15, 0.2) is 5.70 Å². The summed E-state index contributed by atoms with van der Waals surface area (Å²) in [7, 11) is 9.68. The van der Waals surface area contributed by atoms with E-state index in [0.717, 1.165) is 16.7 Å². The number of hydrogen-bond donors (Lipinski definition) is 2. The minimum atomic E-state index is -0.798. The van der Waals surface area contributed by atoms with Gasteiger partial charge in [0.25, 0.3) is 0 Å². The van der Waals surface area contributed by atoms with Gasteiger partial charge in [-0.25, -0.2) is 0 Å². The second kappa shape index (κ2) is 9.28. The summed E-state index contributed by atoms with van der Waals surface area (Å²) in [6.45, 7) is 3.26. The number of likely N-dealkylation sites (N-methyl/N-ethyl adjacent to an activating group) is 1. The van der Waals surface area contributed by atoms with E-state index in [9.17, 15) is 15.0 Å². The number of hydrogen-bond acceptors (Lipinski definition) is 9. The topological polar surface area (TPSA) is 110 Å². The average molecular weight is 527 g/mol. The molecule has 0 radical (unpaired) electrons. The summed E-state index contributed by atoms with van der Waals surface area (Å²) in [4.78, 5) is 17.8. The Kier molecular flexibility index (Phi) is 6.35. The Morgan fingerprint density at radius 3 is 1.97 bits per heavy atom. The lowest BCUT2D eigenvalue weighted by atomic mass is 9.77. The predicted molar refractivity (Wildman–Crippen MR) is 139 cm³/mol. The van der Waals surface area contributed by atoms with Crippen molar-refractivity contribution in [3.05, 3.63) is 39.1 Å². The van der Waals surface area contributed by atoms with Crippen LogP contribution >= 0.6 is 0 Å². The van der Waals surface area contributed by atoms with Crippen LogP contribution in [0.5, 0.6) is 34.5 Å². The maximum absolute atomic E-state index is 14.1. The highest BCUT2D eigenvalue weighted by Gasteiger charge is 2.53. The van der Waals surface area contributed by atoms with Crippen LogP contribution < -0.4 is 23.7 Å². The van der Waals surface area contributed by atoms with Crippen LogP contribution in [0.3, 0.4) is 0 Å². The molecule has 204 valence electrons. The average Bonchev–Trinajstić information content (AvgIpc) is 2.91. The molecule has 3 atom stereocenters. The van der Waals surface area contributed by atoms with Gasteiger partial charge in [-0.1, -0.05) is 0 Å². The number of benzene rings is 2. The van der Waals surface area contributed by atoms with Crippen LogP contribution in [-0.4, -0.2) is 81.2 Å². The van der Waals surface area contributed by atoms with Gasteiger partial charge >= 0.3 is 0 Å². The van der Waals surface area contributed by atoms with Crippen LogP contribution in [-0.2, 0) is 11.2 Å². The van der Waals surface area contributed by atoms with Gasteiger partial charge in [-0.15, -0.1) is 0 Å². The summed E-state index contributed by atoms with van der Waals surface area (Å²) >= 11 is 0. The van der Waals surface area contributed by atoms with E-state index in [1.807, 2.05) is 18.9 Å². The predicted octanol–water partition coefficient (Wildman–Crippen LogP) is 2.88. The normalized spacial score (nSPS) is 21.7. The number of aromatic hydroxyl groups is 1. The molecule has 1 amide bonds. The number of piperazine rings is 1. The second-order valence-corrected chi connectivity index (χ2v) is 9.75. The fourth-order valence-electron chi connectivity index (χ4n) is 6.57. The van der Waals surface area contributed by atoms with Crippen LogP contribution in [0, 0.1) is 13.8 Å². The van der Waals surface area contributed by atoms with Crippen LogP contribution in [0.25, 0.3) is 6.08 Å². The molecule has 1 saturated heterocycles. The number of phenols is 1. The molecule has 10 nitrogen and oxygen atoms in total. The minimum absolute atomic E-state index is 0.00235. The molecule has 3 heterocycles. The van der Waals surface area contributed by atoms with E-state index in [-0.39, 0.29) is 18.3 Å². The molecule has 2 N–H and O–H groups in total. The Bertz CT molecular complexity index is 1370. The van der Waals surface area contributed by atoms with Gasteiger partial charge in [-0.05, 0) is 27.0 Å². The van der Waals surface area contributed by atoms with Gasteiger partial charge in [0, 0.05) is 45.5 Å².